The zero-order chi connectivity index (χ0) is 14.9. The summed E-state index contributed by atoms with van der Waals surface area (Å²) >= 11 is 5.93. The molecule has 1 fully saturated rings. The molecule has 1 aromatic heterocycles. The molecule has 0 saturated carbocycles. The van der Waals surface area contributed by atoms with Gasteiger partial charge in [-0.05, 0) is 0 Å². The number of alkyl halides is 1. The van der Waals surface area contributed by atoms with E-state index in [2.05, 4.69) is 0 Å². The van der Waals surface area contributed by atoms with Crippen LogP contribution in [0.4, 0.5) is 0 Å². The zero-order valence-corrected chi connectivity index (χ0v) is 11.5. The van der Waals surface area contributed by atoms with E-state index in [0.29, 0.717) is 0 Å². The summed E-state index contributed by atoms with van der Waals surface area (Å²) in [7, 11) is -2.80. The summed E-state index contributed by atoms with van der Waals surface area (Å²) in [6.07, 6.45) is -3.19. The van der Waals surface area contributed by atoms with Crippen molar-refractivity contribution in [2.45, 2.75) is 24.0 Å². The molecule has 0 aromatic carbocycles. The van der Waals surface area contributed by atoms with Crippen LogP contribution in [-0.4, -0.2) is 38.8 Å². The molecule has 2 rings (SSSR count). The standard InChI is InChI=1S/C9H10ClN2O7P/c10-5-6(14)8(18-3-20(16)17)19-7(5)12-2-1-4(13)11-9(12)15/h1-2,5-8,14H,3H2,(H,11,13,15)/t5-,6+,7-,8+/m1/s1. The fourth-order valence-corrected chi connectivity index (χ4v) is 2.30. The van der Waals surface area contributed by atoms with Crippen molar-refractivity contribution in [1.29, 1.82) is 0 Å². The maximum Gasteiger partial charge on any atom is 0.342 e. The van der Waals surface area contributed by atoms with Crippen molar-refractivity contribution in [3.8, 4) is 0 Å². The first kappa shape index (κ1) is 15.1. The maximum absolute atomic E-state index is 11.6. The molecular formula is C9H10ClN2O7P. The van der Waals surface area contributed by atoms with Gasteiger partial charge in [-0.25, -0.2) is 13.9 Å². The van der Waals surface area contributed by atoms with Crippen LogP contribution in [0.2, 0.25) is 0 Å². The average Bonchev–Trinajstić information content (AvgIpc) is 2.64. The van der Waals surface area contributed by atoms with E-state index in [1.54, 1.807) is 0 Å². The predicted octanol–water partition coefficient (Wildman–Crippen LogP) is -0.493. The average molecular weight is 325 g/mol. The van der Waals surface area contributed by atoms with Crippen LogP contribution in [0.15, 0.2) is 21.9 Å². The Morgan fingerprint density at radius 2 is 2.20 bits per heavy atom. The van der Waals surface area contributed by atoms with E-state index >= 15 is 0 Å². The van der Waals surface area contributed by atoms with E-state index in [-0.39, 0.29) is 0 Å². The van der Waals surface area contributed by atoms with E-state index < -0.39 is 49.3 Å². The highest BCUT2D eigenvalue weighted by atomic mass is 35.5. The Hall–Kier alpha value is -1.25. The highest BCUT2D eigenvalue weighted by molar-refractivity contribution is 7.30. The fourth-order valence-electron chi connectivity index (χ4n) is 1.73. The lowest BCUT2D eigenvalue weighted by molar-refractivity contribution is -0.166. The molecule has 110 valence electrons. The third kappa shape index (κ3) is 3.08. The topological polar surface area (TPSA) is 128 Å². The summed E-state index contributed by atoms with van der Waals surface area (Å²) in [5, 5.41) is 8.73. The second-order valence-electron chi connectivity index (χ2n) is 3.98. The number of ether oxygens (including phenoxy) is 2. The minimum Gasteiger partial charge on any atom is -0.386 e. The zero-order valence-electron chi connectivity index (χ0n) is 9.84. The van der Waals surface area contributed by atoms with E-state index in [1.165, 1.54) is 0 Å². The van der Waals surface area contributed by atoms with Gasteiger partial charge in [0.2, 0.25) is 0 Å². The van der Waals surface area contributed by atoms with Gasteiger partial charge in [0.1, 0.15) is 11.5 Å². The number of halogens is 1. The van der Waals surface area contributed by atoms with E-state index in [4.69, 9.17) is 21.1 Å². The summed E-state index contributed by atoms with van der Waals surface area (Å²) in [6.45, 7) is 0. The van der Waals surface area contributed by atoms with Crippen molar-refractivity contribution >= 4 is 19.3 Å². The smallest absolute Gasteiger partial charge is 0.342 e. The van der Waals surface area contributed by atoms with Crippen molar-refractivity contribution in [2.24, 2.45) is 0 Å². The molecule has 1 aromatic rings. The number of nitrogens with zero attached hydrogens (tertiary/aromatic N) is 1. The number of aromatic amines is 1. The first-order chi connectivity index (χ1) is 9.40. The van der Waals surface area contributed by atoms with Gasteiger partial charge in [0.25, 0.3) is 5.56 Å². The number of hydrogen-bond donors (Lipinski definition) is 2. The van der Waals surface area contributed by atoms with Gasteiger partial charge < -0.3 is 14.6 Å². The molecule has 1 aliphatic heterocycles. The van der Waals surface area contributed by atoms with Gasteiger partial charge >= 0.3 is 13.4 Å². The van der Waals surface area contributed by atoms with Crippen molar-refractivity contribution in [3.05, 3.63) is 33.1 Å². The molecule has 11 heteroatoms. The molecule has 1 aliphatic rings. The predicted molar refractivity (Wildman–Crippen MR) is 65.1 cm³/mol. The molecule has 0 amide bonds. The molecule has 2 N–H and O–H groups in total. The summed E-state index contributed by atoms with van der Waals surface area (Å²) < 4.78 is 31.9. The minimum atomic E-state index is -2.80. The van der Waals surface area contributed by atoms with Crippen LogP contribution in [0.3, 0.4) is 0 Å². The molecular weight excluding hydrogens is 315 g/mol. The number of hydrogen-bond acceptors (Lipinski definition) is 7. The summed E-state index contributed by atoms with van der Waals surface area (Å²) in [6, 6.07) is 1.09. The van der Waals surface area contributed by atoms with Crippen molar-refractivity contribution in [2.75, 3.05) is 6.35 Å². The largest absolute Gasteiger partial charge is 0.386 e. The SMILES string of the molecule is O=c1ccn([C@@H]2O[C@H](OCP(=O)=O)[C@@H](O)[C@H]2Cl)c(=O)[nH]1. The van der Waals surface area contributed by atoms with Crippen LogP contribution in [0, 0.1) is 0 Å². The molecule has 0 radical (unpaired) electrons. The van der Waals surface area contributed by atoms with Gasteiger partial charge in [-0.1, -0.05) is 0 Å². The highest BCUT2D eigenvalue weighted by Crippen LogP contribution is 2.33. The molecule has 1 saturated heterocycles. The van der Waals surface area contributed by atoms with Crippen LogP contribution < -0.4 is 11.2 Å². The fraction of sp³-hybridized carbons (Fsp3) is 0.556. The van der Waals surface area contributed by atoms with Crippen molar-refractivity contribution < 1.29 is 23.7 Å². The number of H-pyrrole nitrogens is 1. The molecule has 0 spiro atoms. The lowest BCUT2D eigenvalue weighted by Gasteiger charge is -2.15. The summed E-state index contributed by atoms with van der Waals surface area (Å²) in [5.41, 5.74) is -1.36. The van der Waals surface area contributed by atoms with Crippen LogP contribution in [0.25, 0.3) is 0 Å². The first-order valence-electron chi connectivity index (χ1n) is 5.42. The van der Waals surface area contributed by atoms with Gasteiger partial charge in [-0.15, -0.1) is 11.6 Å². The lowest BCUT2D eigenvalue weighted by Crippen LogP contribution is -2.35. The number of aliphatic hydroxyl groups excluding tert-OH is 1. The van der Waals surface area contributed by atoms with Gasteiger partial charge in [-0.3, -0.25) is 14.3 Å². The van der Waals surface area contributed by atoms with Crippen LogP contribution in [0.1, 0.15) is 6.23 Å². The number of nitrogens with one attached hydrogen (secondary N) is 1. The third-order valence-electron chi connectivity index (χ3n) is 2.62. The first-order valence-corrected chi connectivity index (χ1v) is 7.22. The van der Waals surface area contributed by atoms with Crippen LogP contribution in [0.5, 0.6) is 0 Å². The lowest BCUT2D eigenvalue weighted by atomic mass is 10.2. The Bertz CT molecular complexity index is 661. The summed E-state index contributed by atoms with van der Waals surface area (Å²) in [4.78, 5) is 24.6. The third-order valence-corrected chi connectivity index (χ3v) is 3.45. The van der Waals surface area contributed by atoms with Crippen LogP contribution >= 0.6 is 19.3 Å². The minimum absolute atomic E-state index is 0.591. The second-order valence-corrected chi connectivity index (χ2v) is 5.40. The molecule has 0 unspecified atom stereocenters. The van der Waals surface area contributed by atoms with Crippen molar-refractivity contribution in [3.63, 3.8) is 0 Å². The van der Waals surface area contributed by atoms with Gasteiger partial charge in [0, 0.05) is 12.3 Å². The van der Waals surface area contributed by atoms with Crippen molar-refractivity contribution in [1.82, 2.24) is 9.55 Å². The quantitative estimate of drug-likeness (QED) is 0.564. The van der Waals surface area contributed by atoms with Gasteiger partial charge in [0.05, 0.1) is 0 Å². The molecule has 20 heavy (non-hydrogen) atoms. The van der Waals surface area contributed by atoms with E-state index in [0.717, 1.165) is 16.8 Å². The van der Waals surface area contributed by atoms with Crippen LogP contribution in [-0.2, 0) is 18.6 Å². The Labute approximate surface area is 116 Å². The Morgan fingerprint density at radius 3 is 2.80 bits per heavy atom. The summed E-state index contributed by atoms with van der Waals surface area (Å²) in [5.74, 6) is 0. The Morgan fingerprint density at radius 1 is 1.50 bits per heavy atom. The maximum atomic E-state index is 11.6. The second kappa shape index (κ2) is 6.02. The Kier molecular flexibility index (Phi) is 4.56. The number of aliphatic hydroxyl groups is 1. The van der Waals surface area contributed by atoms with Gasteiger partial charge in [0.15, 0.2) is 18.9 Å². The molecule has 0 aliphatic carbocycles. The molecule has 4 atom stereocenters. The molecule has 2 heterocycles. The highest BCUT2D eigenvalue weighted by Gasteiger charge is 2.45. The normalized spacial score (nSPS) is 29.5. The number of rotatable bonds is 4. The van der Waals surface area contributed by atoms with Gasteiger partial charge in [-0.2, -0.15) is 0 Å². The monoisotopic (exact) mass is 324 g/mol. The van der Waals surface area contributed by atoms with E-state index in [1.807, 2.05) is 4.98 Å². The number of aromatic nitrogens is 2. The molecule has 0 bridgehead atoms. The van der Waals surface area contributed by atoms with E-state index in [9.17, 15) is 23.8 Å². The Balaban J connectivity index is 2.21. The molecule has 9 nitrogen and oxygen atoms in total.